The fourth-order valence-corrected chi connectivity index (χ4v) is 1.49. The standard InChI is InChI=1S/C10H11NO2S/c1-2-8-3-5-9(6-4-8)14-11-7-10(12)13/h2-6,11H,1,7H2,(H,12,13). The number of rotatable bonds is 5. The number of hydrogen-bond acceptors (Lipinski definition) is 3. The fourth-order valence-electron chi connectivity index (χ4n) is 0.853. The summed E-state index contributed by atoms with van der Waals surface area (Å²) in [5, 5.41) is 8.38. The summed E-state index contributed by atoms with van der Waals surface area (Å²) in [5.41, 5.74) is 1.05. The highest BCUT2D eigenvalue weighted by atomic mass is 32.2. The van der Waals surface area contributed by atoms with Gasteiger partial charge in [0.25, 0.3) is 0 Å². The summed E-state index contributed by atoms with van der Waals surface area (Å²) < 4.78 is 2.73. The van der Waals surface area contributed by atoms with Crippen LogP contribution in [0.5, 0.6) is 0 Å². The van der Waals surface area contributed by atoms with E-state index in [0.29, 0.717) is 0 Å². The van der Waals surface area contributed by atoms with Gasteiger partial charge in [0.1, 0.15) is 6.54 Å². The van der Waals surface area contributed by atoms with Gasteiger partial charge in [-0.05, 0) is 29.6 Å². The smallest absolute Gasteiger partial charge is 0.318 e. The Labute approximate surface area is 87.0 Å². The minimum absolute atomic E-state index is 0.0477. The Kier molecular flexibility index (Phi) is 4.22. The topological polar surface area (TPSA) is 49.3 Å². The van der Waals surface area contributed by atoms with E-state index in [1.54, 1.807) is 6.08 Å². The average Bonchev–Trinajstić information content (AvgIpc) is 2.18. The van der Waals surface area contributed by atoms with Gasteiger partial charge < -0.3 is 5.11 Å². The SMILES string of the molecule is C=Cc1ccc(SNCC(=O)O)cc1. The third-order valence-electron chi connectivity index (χ3n) is 1.53. The maximum atomic E-state index is 10.2. The molecule has 0 radical (unpaired) electrons. The van der Waals surface area contributed by atoms with Crippen molar-refractivity contribution in [3.05, 3.63) is 36.4 Å². The quantitative estimate of drug-likeness (QED) is 0.728. The van der Waals surface area contributed by atoms with Crippen molar-refractivity contribution in [2.24, 2.45) is 0 Å². The first-order valence-corrected chi connectivity index (χ1v) is 4.88. The van der Waals surface area contributed by atoms with Crippen LogP contribution in [0.25, 0.3) is 6.08 Å². The normalized spacial score (nSPS) is 9.71. The summed E-state index contributed by atoms with van der Waals surface area (Å²) in [4.78, 5) is 11.2. The summed E-state index contributed by atoms with van der Waals surface area (Å²) in [6.45, 7) is 3.60. The van der Waals surface area contributed by atoms with E-state index in [2.05, 4.69) is 11.3 Å². The molecular weight excluding hydrogens is 198 g/mol. The van der Waals surface area contributed by atoms with E-state index < -0.39 is 5.97 Å². The molecule has 0 aliphatic carbocycles. The summed E-state index contributed by atoms with van der Waals surface area (Å²) in [6.07, 6.45) is 1.76. The molecular formula is C10H11NO2S. The van der Waals surface area contributed by atoms with E-state index in [9.17, 15) is 4.79 Å². The van der Waals surface area contributed by atoms with E-state index in [1.807, 2.05) is 24.3 Å². The molecule has 3 nitrogen and oxygen atoms in total. The minimum Gasteiger partial charge on any atom is -0.480 e. The first kappa shape index (κ1) is 10.8. The lowest BCUT2D eigenvalue weighted by Gasteiger charge is -2.01. The third kappa shape index (κ3) is 3.64. The molecule has 0 spiro atoms. The van der Waals surface area contributed by atoms with Gasteiger partial charge in [0.15, 0.2) is 0 Å². The molecule has 2 N–H and O–H groups in total. The number of aliphatic carboxylic acids is 1. The first-order chi connectivity index (χ1) is 6.72. The van der Waals surface area contributed by atoms with Gasteiger partial charge in [-0.2, -0.15) is 0 Å². The highest BCUT2D eigenvalue weighted by molar-refractivity contribution is 7.97. The Balaban J connectivity index is 2.43. The van der Waals surface area contributed by atoms with Crippen molar-refractivity contribution in [2.45, 2.75) is 4.90 Å². The molecule has 0 amide bonds. The monoisotopic (exact) mass is 209 g/mol. The van der Waals surface area contributed by atoms with Crippen LogP contribution in [0.4, 0.5) is 0 Å². The highest BCUT2D eigenvalue weighted by Crippen LogP contribution is 2.15. The molecule has 4 heteroatoms. The number of nitrogens with one attached hydrogen (secondary N) is 1. The zero-order valence-corrected chi connectivity index (χ0v) is 8.38. The Morgan fingerprint density at radius 3 is 2.64 bits per heavy atom. The Morgan fingerprint density at radius 2 is 2.14 bits per heavy atom. The molecule has 1 rings (SSSR count). The maximum Gasteiger partial charge on any atom is 0.318 e. The van der Waals surface area contributed by atoms with Gasteiger partial charge in [-0.1, -0.05) is 24.8 Å². The van der Waals surface area contributed by atoms with E-state index in [1.165, 1.54) is 11.9 Å². The predicted octanol–water partition coefficient (Wildman–Crippen LogP) is 2.01. The largest absolute Gasteiger partial charge is 0.480 e. The fraction of sp³-hybridized carbons (Fsp3) is 0.100. The zero-order chi connectivity index (χ0) is 10.4. The van der Waals surface area contributed by atoms with Crippen molar-refractivity contribution in [3.63, 3.8) is 0 Å². The Morgan fingerprint density at radius 1 is 1.50 bits per heavy atom. The lowest BCUT2D eigenvalue weighted by Crippen LogP contribution is -2.15. The number of carbonyl (C=O) groups is 1. The van der Waals surface area contributed by atoms with Crippen LogP contribution in [-0.2, 0) is 4.79 Å². The second kappa shape index (κ2) is 5.47. The van der Waals surface area contributed by atoms with Gasteiger partial charge in [0, 0.05) is 4.90 Å². The van der Waals surface area contributed by atoms with E-state index in [4.69, 9.17) is 5.11 Å². The molecule has 0 aliphatic rings. The molecule has 1 aromatic rings. The summed E-state index contributed by atoms with van der Waals surface area (Å²) >= 11 is 1.30. The molecule has 0 saturated carbocycles. The van der Waals surface area contributed by atoms with Crippen LogP contribution < -0.4 is 4.72 Å². The Hall–Kier alpha value is -1.26. The van der Waals surface area contributed by atoms with Gasteiger partial charge in [-0.15, -0.1) is 0 Å². The van der Waals surface area contributed by atoms with Crippen molar-refractivity contribution < 1.29 is 9.90 Å². The van der Waals surface area contributed by atoms with Crippen LogP contribution in [0.3, 0.4) is 0 Å². The Bertz CT molecular complexity index is 321. The van der Waals surface area contributed by atoms with Crippen molar-refractivity contribution in [1.82, 2.24) is 4.72 Å². The van der Waals surface area contributed by atoms with Crippen LogP contribution in [0.15, 0.2) is 35.7 Å². The van der Waals surface area contributed by atoms with Gasteiger partial charge in [-0.25, -0.2) is 4.72 Å². The van der Waals surface area contributed by atoms with Gasteiger partial charge >= 0.3 is 5.97 Å². The molecule has 0 saturated heterocycles. The molecule has 0 heterocycles. The molecule has 0 fully saturated rings. The van der Waals surface area contributed by atoms with Crippen molar-refractivity contribution in [1.29, 1.82) is 0 Å². The van der Waals surface area contributed by atoms with Gasteiger partial charge in [-0.3, -0.25) is 4.79 Å². The molecule has 0 unspecified atom stereocenters. The minimum atomic E-state index is -0.861. The van der Waals surface area contributed by atoms with Crippen molar-refractivity contribution in [3.8, 4) is 0 Å². The van der Waals surface area contributed by atoms with Crippen molar-refractivity contribution >= 4 is 24.0 Å². The molecule has 0 bridgehead atoms. The predicted molar refractivity (Wildman–Crippen MR) is 58.0 cm³/mol. The average molecular weight is 209 g/mol. The van der Waals surface area contributed by atoms with E-state index in [-0.39, 0.29) is 6.54 Å². The molecule has 1 aromatic carbocycles. The molecule has 14 heavy (non-hydrogen) atoms. The van der Waals surface area contributed by atoms with Crippen molar-refractivity contribution in [2.75, 3.05) is 6.54 Å². The highest BCUT2D eigenvalue weighted by Gasteiger charge is 1.96. The van der Waals surface area contributed by atoms with E-state index >= 15 is 0 Å². The third-order valence-corrected chi connectivity index (χ3v) is 2.33. The lowest BCUT2D eigenvalue weighted by molar-refractivity contribution is -0.135. The van der Waals surface area contributed by atoms with Crippen LogP contribution >= 0.6 is 11.9 Å². The molecule has 0 aliphatic heterocycles. The summed E-state index contributed by atoms with van der Waals surface area (Å²) in [5.74, 6) is -0.861. The second-order valence-electron chi connectivity index (χ2n) is 2.59. The second-order valence-corrected chi connectivity index (χ2v) is 3.55. The number of carboxylic acid groups (broad SMARTS) is 1. The first-order valence-electron chi connectivity index (χ1n) is 4.06. The number of carboxylic acids is 1. The summed E-state index contributed by atoms with van der Waals surface area (Å²) in [6, 6.07) is 7.68. The van der Waals surface area contributed by atoms with Crippen LogP contribution in [0, 0.1) is 0 Å². The van der Waals surface area contributed by atoms with Crippen LogP contribution in [-0.4, -0.2) is 17.6 Å². The van der Waals surface area contributed by atoms with Crippen LogP contribution in [0.1, 0.15) is 5.56 Å². The maximum absolute atomic E-state index is 10.2. The van der Waals surface area contributed by atoms with Gasteiger partial charge in [0.05, 0.1) is 0 Å². The summed E-state index contributed by atoms with van der Waals surface area (Å²) in [7, 11) is 0. The molecule has 0 aromatic heterocycles. The molecule has 74 valence electrons. The number of benzene rings is 1. The lowest BCUT2D eigenvalue weighted by atomic mass is 10.2. The molecule has 0 atom stereocenters. The zero-order valence-electron chi connectivity index (χ0n) is 7.56. The van der Waals surface area contributed by atoms with Crippen LogP contribution in [0.2, 0.25) is 0 Å². The number of hydrogen-bond donors (Lipinski definition) is 2. The van der Waals surface area contributed by atoms with Gasteiger partial charge in [0.2, 0.25) is 0 Å². The van der Waals surface area contributed by atoms with E-state index in [0.717, 1.165) is 10.5 Å².